The Morgan fingerprint density at radius 2 is 1.74 bits per heavy atom. The van der Waals surface area contributed by atoms with Crippen molar-refractivity contribution in [3.63, 3.8) is 0 Å². The van der Waals surface area contributed by atoms with Gasteiger partial charge < -0.3 is 4.90 Å². The first-order valence-corrected chi connectivity index (χ1v) is 7.58. The van der Waals surface area contributed by atoms with Crippen molar-refractivity contribution in [1.82, 2.24) is 24.6 Å². The number of nitrogens with zero attached hydrogens (tertiary/aromatic N) is 5. The molecule has 0 unspecified atom stereocenters. The first-order valence-electron chi connectivity index (χ1n) is 7.58. The maximum absolute atomic E-state index is 4.59. The molecule has 5 nitrogen and oxygen atoms in total. The number of likely N-dealkylation sites (N-methyl/N-ethyl adjacent to an activating group) is 1. The predicted molar refractivity (Wildman–Crippen MR) is 77.1 cm³/mol. The highest BCUT2D eigenvalue weighted by Crippen LogP contribution is 2.08. The van der Waals surface area contributed by atoms with Gasteiger partial charge in [0, 0.05) is 32.7 Å². The van der Waals surface area contributed by atoms with Crippen molar-refractivity contribution < 1.29 is 0 Å². The van der Waals surface area contributed by atoms with Crippen molar-refractivity contribution >= 4 is 0 Å². The lowest BCUT2D eigenvalue weighted by molar-refractivity contribution is 0.128. The van der Waals surface area contributed by atoms with Gasteiger partial charge in [-0.2, -0.15) is 5.10 Å². The number of aryl methyl sites for hydroxylation is 2. The van der Waals surface area contributed by atoms with E-state index in [9.17, 15) is 0 Å². The van der Waals surface area contributed by atoms with Crippen LogP contribution in [0.5, 0.6) is 0 Å². The van der Waals surface area contributed by atoms with Crippen LogP contribution in [-0.4, -0.2) is 57.3 Å². The second-order valence-corrected chi connectivity index (χ2v) is 5.36. The molecule has 1 aliphatic heterocycles. The smallest absolute Gasteiger partial charge is 0.147 e. The number of unbranched alkanes of at least 4 members (excludes halogenated alkanes) is 1. The van der Waals surface area contributed by atoms with Gasteiger partial charge in [-0.1, -0.05) is 20.3 Å². The molecule has 0 atom stereocenters. The molecule has 1 saturated heterocycles. The molecule has 0 bridgehead atoms. The molecule has 0 N–H and O–H groups in total. The van der Waals surface area contributed by atoms with E-state index in [0.717, 1.165) is 37.8 Å². The van der Waals surface area contributed by atoms with Gasteiger partial charge in [-0.25, -0.2) is 9.67 Å². The summed E-state index contributed by atoms with van der Waals surface area (Å²) in [6.45, 7) is 14.2. The van der Waals surface area contributed by atoms with E-state index in [1.54, 1.807) is 0 Å². The highest BCUT2D eigenvalue weighted by molar-refractivity contribution is 4.92. The molecule has 2 rings (SSSR count). The second kappa shape index (κ2) is 7.01. The first kappa shape index (κ1) is 14.5. The van der Waals surface area contributed by atoms with Crippen molar-refractivity contribution in [2.24, 2.45) is 0 Å². The predicted octanol–water partition coefficient (Wildman–Crippen LogP) is 1.52. The van der Waals surface area contributed by atoms with Gasteiger partial charge in [-0.15, -0.1) is 0 Å². The fourth-order valence-corrected chi connectivity index (χ4v) is 2.57. The lowest BCUT2D eigenvalue weighted by atomic mass is 10.3. The average Bonchev–Trinajstić information content (AvgIpc) is 2.77. The number of hydrogen-bond donors (Lipinski definition) is 0. The number of hydrogen-bond acceptors (Lipinski definition) is 4. The van der Waals surface area contributed by atoms with Gasteiger partial charge in [0.15, 0.2) is 0 Å². The topological polar surface area (TPSA) is 37.2 Å². The monoisotopic (exact) mass is 265 g/mol. The summed E-state index contributed by atoms with van der Waals surface area (Å²) in [4.78, 5) is 9.60. The van der Waals surface area contributed by atoms with E-state index in [0.29, 0.717) is 0 Å². The van der Waals surface area contributed by atoms with Crippen LogP contribution >= 0.6 is 0 Å². The van der Waals surface area contributed by atoms with Crippen molar-refractivity contribution in [2.75, 3.05) is 32.7 Å². The van der Waals surface area contributed by atoms with Crippen LogP contribution in [0, 0.1) is 6.92 Å². The summed E-state index contributed by atoms with van der Waals surface area (Å²) < 4.78 is 2.10. The van der Waals surface area contributed by atoms with Crippen molar-refractivity contribution in [2.45, 2.75) is 46.7 Å². The number of aromatic nitrogens is 3. The summed E-state index contributed by atoms with van der Waals surface area (Å²) in [5.74, 6) is 2.04. The third kappa shape index (κ3) is 4.01. The quantitative estimate of drug-likeness (QED) is 0.781. The first-order chi connectivity index (χ1) is 9.22. The van der Waals surface area contributed by atoms with E-state index in [2.05, 4.69) is 38.4 Å². The fraction of sp³-hybridized carbons (Fsp3) is 0.857. The molecule has 0 amide bonds. The molecule has 19 heavy (non-hydrogen) atoms. The van der Waals surface area contributed by atoms with Crippen LogP contribution in [0.15, 0.2) is 0 Å². The van der Waals surface area contributed by atoms with Gasteiger partial charge in [-0.3, -0.25) is 4.90 Å². The van der Waals surface area contributed by atoms with Crippen LogP contribution in [-0.2, 0) is 13.1 Å². The van der Waals surface area contributed by atoms with E-state index in [1.165, 1.54) is 32.5 Å². The minimum absolute atomic E-state index is 0.901. The summed E-state index contributed by atoms with van der Waals surface area (Å²) in [6.07, 6.45) is 2.38. The molecule has 1 fully saturated rings. The summed E-state index contributed by atoms with van der Waals surface area (Å²) in [5, 5.41) is 4.51. The molecule has 0 saturated carbocycles. The normalized spacial score (nSPS) is 18.1. The Kier molecular flexibility index (Phi) is 5.34. The minimum Gasteiger partial charge on any atom is -0.301 e. The number of piperazine rings is 1. The molecule has 5 heteroatoms. The van der Waals surface area contributed by atoms with Crippen molar-refractivity contribution in [1.29, 1.82) is 0 Å². The molecular weight excluding hydrogens is 238 g/mol. The third-order valence-corrected chi connectivity index (χ3v) is 3.85. The van der Waals surface area contributed by atoms with Gasteiger partial charge in [0.05, 0.1) is 6.54 Å². The van der Waals surface area contributed by atoms with Crippen molar-refractivity contribution in [3.05, 3.63) is 11.6 Å². The van der Waals surface area contributed by atoms with Crippen LogP contribution < -0.4 is 0 Å². The lowest BCUT2D eigenvalue weighted by Crippen LogP contribution is -2.45. The second-order valence-electron chi connectivity index (χ2n) is 5.36. The Balaban J connectivity index is 1.91. The standard InChI is InChI=1S/C14H27N5/c1-4-6-7-19-14(15-13(3)16-19)12-18-10-8-17(5-2)9-11-18/h4-12H2,1-3H3. The summed E-state index contributed by atoms with van der Waals surface area (Å²) in [5.41, 5.74) is 0. The van der Waals surface area contributed by atoms with E-state index in [-0.39, 0.29) is 0 Å². The zero-order valence-corrected chi connectivity index (χ0v) is 12.6. The number of rotatable bonds is 6. The Hall–Kier alpha value is -0.940. The van der Waals surface area contributed by atoms with Gasteiger partial charge in [0.2, 0.25) is 0 Å². The lowest BCUT2D eigenvalue weighted by Gasteiger charge is -2.33. The minimum atomic E-state index is 0.901. The van der Waals surface area contributed by atoms with Crippen molar-refractivity contribution in [3.8, 4) is 0 Å². The summed E-state index contributed by atoms with van der Waals surface area (Å²) in [7, 11) is 0. The Morgan fingerprint density at radius 3 is 2.37 bits per heavy atom. The summed E-state index contributed by atoms with van der Waals surface area (Å²) in [6, 6.07) is 0. The average molecular weight is 265 g/mol. The molecule has 1 aromatic heterocycles. The molecule has 0 spiro atoms. The van der Waals surface area contributed by atoms with Gasteiger partial charge in [0.1, 0.15) is 11.6 Å². The molecular formula is C14H27N5. The largest absolute Gasteiger partial charge is 0.301 e. The third-order valence-electron chi connectivity index (χ3n) is 3.85. The van der Waals surface area contributed by atoms with Crippen LogP contribution in [0.3, 0.4) is 0 Å². The van der Waals surface area contributed by atoms with Gasteiger partial charge in [0.25, 0.3) is 0 Å². The maximum Gasteiger partial charge on any atom is 0.147 e. The fourth-order valence-electron chi connectivity index (χ4n) is 2.57. The van der Waals surface area contributed by atoms with Gasteiger partial charge in [-0.05, 0) is 19.9 Å². The molecule has 0 radical (unpaired) electrons. The molecule has 0 aliphatic carbocycles. The maximum atomic E-state index is 4.59. The molecule has 108 valence electrons. The van der Waals surface area contributed by atoms with E-state index in [4.69, 9.17) is 0 Å². The van der Waals surface area contributed by atoms with Gasteiger partial charge >= 0.3 is 0 Å². The zero-order valence-electron chi connectivity index (χ0n) is 12.6. The van der Waals surface area contributed by atoms with Crippen LogP contribution in [0.1, 0.15) is 38.3 Å². The van der Waals surface area contributed by atoms with Crippen LogP contribution in [0.4, 0.5) is 0 Å². The molecule has 1 aromatic rings. The Labute approximate surface area is 116 Å². The highest BCUT2D eigenvalue weighted by Gasteiger charge is 2.18. The highest BCUT2D eigenvalue weighted by atomic mass is 15.4. The zero-order chi connectivity index (χ0) is 13.7. The molecule has 2 heterocycles. The molecule has 1 aliphatic rings. The SMILES string of the molecule is CCCCn1nc(C)nc1CN1CCN(CC)CC1. The van der Waals surface area contributed by atoms with E-state index >= 15 is 0 Å². The Bertz CT molecular complexity index is 379. The van der Waals surface area contributed by atoms with Crippen LogP contribution in [0.2, 0.25) is 0 Å². The van der Waals surface area contributed by atoms with E-state index < -0.39 is 0 Å². The summed E-state index contributed by atoms with van der Waals surface area (Å²) >= 11 is 0. The molecule has 0 aromatic carbocycles. The Morgan fingerprint density at radius 1 is 1.05 bits per heavy atom. The van der Waals surface area contributed by atoms with Crippen LogP contribution in [0.25, 0.3) is 0 Å². The van der Waals surface area contributed by atoms with E-state index in [1.807, 2.05) is 6.92 Å².